The molecule has 4 aromatic carbocycles. The number of alkyl halides is 12. The van der Waals surface area contributed by atoms with Crippen LogP contribution in [0.1, 0.15) is 72.2 Å². The quantitative estimate of drug-likeness (QED) is 0.0568. The molecule has 2 fully saturated rings. The fourth-order valence-corrected chi connectivity index (χ4v) is 11.9. The van der Waals surface area contributed by atoms with Crippen LogP contribution in [0.5, 0.6) is 0 Å². The zero-order valence-electron chi connectivity index (χ0n) is 50.9. The smallest absolute Gasteiger partial charge is 0.481 e. The number of anilines is 4. The third-order valence-electron chi connectivity index (χ3n) is 17.0. The van der Waals surface area contributed by atoms with E-state index in [0.29, 0.717) is 111 Å². The van der Waals surface area contributed by atoms with Crippen LogP contribution in [0.2, 0.25) is 0 Å². The SMILES string of the molecule is Cc1ccccc1-c1cc(N2CC[N+](C)(COP(=O)(O)OC[N+]3(C)CCN(c4cc(-c5ccccc5C)c(N(C)C(=O)C(C)(C)c5cc(C(F)(F)F)cc(C(F)(F)F)c5)cn4)CC3)CC2)ncc1N(C)C(=O)C(C)(C)c1cc(C(F)(F)F)cc(C(F)(F)F)c1.[Cl-]. The van der Waals surface area contributed by atoms with Crippen molar-refractivity contribution in [3.05, 3.63) is 154 Å². The van der Waals surface area contributed by atoms with Crippen LogP contribution in [0.4, 0.5) is 75.7 Å². The zero-order chi connectivity index (χ0) is 65.8. The summed E-state index contributed by atoms with van der Waals surface area (Å²) in [6.45, 7) is 11.5. The summed E-state index contributed by atoms with van der Waals surface area (Å²) in [4.78, 5) is 55.4. The van der Waals surface area contributed by atoms with Crippen molar-refractivity contribution < 1.29 is 102 Å². The predicted molar refractivity (Wildman–Crippen MR) is 313 cm³/mol. The van der Waals surface area contributed by atoms with Crippen molar-refractivity contribution >= 4 is 42.6 Å². The van der Waals surface area contributed by atoms with Crippen LogP contribution in [0.3, 0.4) is 0 Å². The molecule has 28 heteroatoms. The number of nitrogens with zero attached hydrogens (tertiary/aromatic N) is 8. The number of pyridine rings is 2. The number of hydrogen-bond donors (Lipinski definition) is 1. The number of quaternary nitrogens is 2. The van der Waals surface area contributed by atoms with E-state index in [2.05, 4.69) is 9.97 Å². The van der Waals surface area contributed by atoms with Crippen LogP contribution >= 0.6 is 7.82 Å². The van der Waals surface area contributed by atoms with E-state index in [4.69, 9.17) is 9.05 Å². The van der Waals surface area contributed by atoms with Crippen LogP contribution < -0.4 is 32.0 Å². The first-order valence-corrected chi connectivity index (χ1v) is 29.6. The van der Waals surface area contributed by atoms with E-state index >= 15 is 0 Å². The number of phosphoric ester groups is 1. The number of hydrogen-bond acceptors (Lipinski definition) is 9. The Morgan fingerprint density at radius 3 is 1.07 bits per heavy atom. The van der Waals surface area contributed by atoms with Crippen LogP contribution in [-0.2, 0) is 58.7 Å². The molecule has 488 valence electrons. The summed E-state index contributed by atoms with van der Waals surface area (Å²) in [6.07, 6.45) is -17.7. The lowest BCUT2D eigenvalue weighted by molar-refractivity contribution is -0.928. The lowest BCUT2D eigenvalue weighted by Gasteiger charge is -2.43. The number of rotatable bonds is 16. The summed E-state index contributed by atoms with van der Waals surface area (Å²) in [5, 5.41) is 0. The summed E-state index contributed by atoms with van der Waals surface area (Å²) in [6, 6.07) is 20.2. The second-order valence-corrected chi connectivity index (χ2v) is 25.9. The van der Waals surface area contributed by atoms with Crippen molar-refractivity contribution in [1.29, 1.82) is 0 Å². The first-order chi connectivity index (χ1) is 41.0. The molecule has 0 spiro atoms. The predicted octanol–water partition coefficient (Wildman–Crippen LogP) is 10.7. The van der Waals surface area contributed by atoms with Crippen LogP contribution in [-0.4, -0.2) is 130 Å². The number of likely N-dealkylation sites (N-methyl/N-ethyl adjacent to an activating group) is 4. The van der Waals surface area contributed by atoms with Crippen molar-refractivity contribution in [2.45, 2.75) is 77.1 Å². The van der Waals surface area contributed by atoms with Gasteiger partial charge in [0.1, 0.15) is 11.6 Å². The molecule has 2 aliphatic rings. The van der Waals surface area contributed by atoms with Crippen molar-refractivity contribution in [2.24, 2.45) is 0 Å². The number of carbonyl (C=O) groups is 2. The number of amides is 2. The minimum atomic E-state index is -5.13. The largest absolute Gasteiger partial charge is 1.00 e. The molecule has 0 bridgehead atoms. The fraction of sp³-hybridized carbons (Fsp3) is 0.419. The molecule has 2 aliphatic heterocycles. The van der Waals surface area contributed by atoms with Gasteiger partial charge in [-0.25, -0.2) is 23.6 Å². The molecule has 4 heterocycles. The van der Waals surface area contributed by atoms with Gasteiger partial charge in [-0.15, -0.1) is 0 Å². The van der Waals surface area contributed by atoms with E-state index in [9.17, 15) is 71.7 Å². The molecule has 6 aromatic rings. The van der Waals surface area contributed by atoms with Gasteiger partial charge in [-0.05, 0) is 123 Å². The summed E-state index contributed by atoms with van der Waals surface area (Å²) < 4.78 is 192. The van der Waals surface area contributed by atoms with E-state index in [-0.39, 0.29) is 58.3 Å². The normalized spacial score (nSPS) is 15.9. The van der Waals surface area contributed by atoms with Gasteiger partial charge in [0.05, 0.1) is 123 Å². The molecule has 90 heavy (non-hydrogen) atoms. The molecule has 0 radical (unpaired) electrons. The Labute approximate surface area is 519 Å². The summed E-state index contributed by atoms with van der Waals surface area (Å²) in [7, 11) is 1.81. The van der Waals surface area contributed by atoms with E-state index in [1.807, 2.05) is 74.1 Å². The number of benzene rings is 4. The van der Waals surface area contributed by atoms with Gasteiger partial charge in [0.2, 0.25) is 11.8 Å². The Kier molecular flexibility index (Phi) is 20.2. The van der Waals surface area contributed by atoms with Crippen LogP contribution in [0.25, 0.3) is 22.3 Å². The highest BCUT2D eigenvalue weighted by atomic mass is 35.5. The third kappa shape index (κ3) is 15.6. The first-order valence-electron chi connectivity index (χ1n) is 28.1. The van der Waals surface area contributed by atoms with Gasteiger partial charge >= 0.3 is 32.5 Å². The number of halogens is 13. The van der Waals surface area contributed by atoms with Crippen molar-refractivity contribution in [3.8, 4) is 22.3 Å². The monoisotopic (exact) mass is 1320 g/mol. The molecule has 1 N–H and O–H groups in total. The molecular weight excluding hydrogens is 1250 g/mol. The lowest BCUT2D eigenvalue weighted by atomic mass is 9.81. The second-order valence-electron chi connectivity index (χ2n) is 24.4. The molecule has 0 unspecified atom stereocenters. The molecule has 2 saturated heterocycles. The van der Waals surface area contributed by atoms with Gasteiger partial charge in [-0.1, -0.05) is 48.5 Å². The Balaban J connectivity index is 0.0000115. The number of piperazine rings is 2. The summed E-state index contributed by atoms with van der Waals surface area (Å²) in [5.74, 6) is -0.612. The van der Waals surface area contributed by atoms with Crippen molar-refractivity contribution in [1.82, 2.24) is 9.97 Å². The maximum absolute atomic E-state index is 14.3. The maximum atomic E-state index is 14.3. The average Bonchev–Trinajstić information content (AvgIpc) is 0.878. The molecule has 8 rings (SSSR count). The standard InChI is InChI=1S/C62H68F12N8O6P.ClH/c1-39-15-11-13-17-47(39)49-33-53(75-35-51(49)77(7)55(83)57(3,4)41-27-43(59(63,64)65)31-44(28-41)60(66,67)68)79-19-23-81(9,24-20-79)37-87-89(85,86)88-38-82(10)25-21-80(22-26-82)54-34-50(48-18-14-12-16-40(48)2)52(36-76-54)78(8)56(84)58(5,6)42-29-45(61(69,70)71)32-46(30-42)62(72,73)74;/h11-18,27-36H,19-26,37-38H2,1-10H3;1H/q+1;. The molecular formula is C62H69ClF12N8O6P+. The third-order valence-corrected chi connectivity index (χ3v) is 17.9. The van der Waals surface area contributed by atoms with E-state index in [0.717, 1.165) is 11.1 Å². The molecule has 2 aromatic heterocycles. The minimum absolute atomic E-state index is 0. The van der Waals surface area contributed by atoms with E-state index in [1.54, 1.807) is 24.3 Å². The van der Waals surface area contributed by atoms with E-state index in [1.165, 1.54) is 64.0 Å². The van der Waals surface area contributed by atoms with Gasteiger partial charge in [0.15, 0.2) is 13.5 Å². The zero-order valence-corrected chi connectivity index (χ0v) is 52.5. The Hall–Kier alpha value is -6.80. The molecule has 0 atom stereocenters. The topological polar surface area (TPSA) is 129 Å². The number of aryl methyl sites for hydroxylation is 2. The Morgan fingerprint density at radius 2 is 0.789 bits per heavy atom. The van der Waals surface area contributed by atoms with Gasteiger partial charge in [0.25, 0.3) is 0 Å². The van der Waals surface area contributed by atoms with Crippen molar-refractivity contribution in [2.75, 3.05) is 114 Å². The highest BCUT2D eigenvalue weighted by molar-refractivity contribution is 7.47. The molecule has 0 aliphatic carbocycles. The Bertz CT molecular complexity index is 3380. The fourth-order valence-electron chi connectivity index (χ4n) is 10.9. The summed E-state index contributed by atoms with van der Waals surface area (Å²) in [5.41, 5.74) is -6.45. The average molecular weight is 1320 g/mol. The van der Waals surface area contributed by atoms with Crippen LogP contribution in [0.15, 0.2) is 109 Å². The van der Waals surface area contributed by atoms with Gasteiger partial charge in [-0.2, -0.15) is 52.7 Å². The first kappa shape index (κ1) is 70.7. The summed E-state index contributed by atoms with van der Waals surface area (Å²) >= 11 is 0. The van der Waals surface area contributed by atoms with Crippen molar-refractivity contribution in [3.63, 3.8) is 0 Å². The van der Waals surface area contributed by atoms with Gasteiger partial charge in [0, 0.05) is 25.2 Å². The number of carbonyl (C=O) groups excluding carboxylic acids is 2. The molecule has 14 nitrogen and oxygen atoms in total. The molecule has 2 amide bonds. The number of phosphoric acid groups is 1. The van der Waals surface area contributed by atoms with E-state index < -0.39 is 88.6 Å². The highest BCUT2D eigenvalue weighted by Gasteiger charge is 2.45. The lowest BCUT2D eigenvalue weighted by Crippen LogP contribution is -3.00. The Morgan fingerprint density at radius 1 is 0.511 bits per heavy atom. The second kappa shape index (κ2) is 25.7. The van der Waals surface area contributed by atoms with Gasteiger partial charge < -0.3 is 45.9 Å². The highest BCUT2D eigenvalue weighted by Crippen LogP contribution is 2.47. The maximum Gasteiger partial charge on any atom is 0.481 e. The minimum Gasteiger partial charge on any atom is -1.00 e. The number of aromatic nitrogens is 2. The van der Waals surface area contributed by atoms with Gasteiger partial charge in [-0.3, -0.25) is 9.59 Å². The van der Waals surface area contributed by atoms with Crippen LogP contribution in [0, 0.1) is 13.8 Å². The molecule has 0 saturated carbocycles.